The molecule has 0 N–H and O–H groups in total. The van der Waals surface area contributed by atoms with Crippen LogP contribution in [0.3, 0.4) is 0 Å². The van der Waals surface area contributed by atoms with Crippen LogP contribution in [-0.2, 0) is 4.79 Å². The van der Waals surface area contributed by atoms with Crippen molar-refractivity contribution in [1.29, 1.82) is 0 Å². The van der Waals surface area contributed by atoms with E-state index in [9.17, 15) is 4.79 Å². The van der Waals surface area contributed by atoms with Crippen LogP contribution in [0.2, 0.25) is 5.02 Å². The molecule has 0 radical (unpaired) electrons. The zero-order valence-corrected chi connectivity index (χ0v) is 19.4. The fraction of sp³-hybridized carbons (Fsp3) is 0.560. The molecule has 1 saturated carbocycles. The Morgan fingerprint density at radius 1 is 1.03 bits per heavy atom. The Bertz CT molecular complexity index is 833. The average Bonchev–Trinajstić information content (AvgIpc) is 2.80. The first-order chi connectivity index (χ1) is 15.1. The van der Waals surface area contributed by atoms with Crippen LogP contribution in [0.4, 0.5) is 0 Å². The minimum Gasteiger partial charge on any atom is -0.463 e. The Morgan fingerprint density at radius 3 is 2.39 bits per heavy atom. The van der Waals surface area contributed by atoms with Crippen LogP contribution in [0.15, 0.2) is 30.6 Å². The standard InChI is InChI=1S/C25H33ClN2O3/c1-3-5-6-7-18-8-10-19(11-9-18)17-30-25-27-15-21(16-28-25)20-12-13-23(22(26)14-20)31-24(29)4-2/h12-16,18-19H,3-11,17H2,1-2H3. The monoisotopic (exact) mass is 444 g/mol. The normalized spacial score (nSPS) is 18.5. The number of carbonyl (C=O) groups excluding carboxylic acids is 1. The molecule has 3 rings (SSSR count). The number of halogens is 1. The topological polar surface area (TPSA) is 61.3 Å². The van der Waals surface area contributed by atoms with E-state index in [1.165, 1.54) is 51.4 Å². The third-order valence-electron chi connectivity index (χ3n) is 6.04. The minimum atomic E-state index is -0.315. The Kier molecular flexibility index (Phi) is 9.13. The molecule has 31 heavy (non-hydrogen) atoms. The third-order valence-corrected chi connectivity index (χ3v) is 6.33. The van der Waals surface area contributed by atoms with Crippen LogP contribution in [0.25, 0.3) is 11.1 Å². The second kappa shape index (κ2) is 12.0. The summed E-state index contributed by atoms with van der Waals surface area (Å²) in [5.41, 5.74) is 1.68. The zero-order chi connectivity index (χ0) is 22.1. The number of aromatic nitrogens is 2. The molecule has 1 fully saturated rings. The minimum absolute atomic E-state index is 0.299. The summed E-state index contributed by atoms with van der Waals surface area (Å²) < 4.78 is 11.1. The summed E-state index contributed by atoms with van der Waals surface area (Å²) in [6.07, 6.45) is 14.3. The van der Waals surface area contributed by atoms with E-state index in [0.29, 0.717) is 35.7 Å². The summed E-state index contributed by atoms with van der Waals surface area (Å²) in [4.78, 5) is 20.2. The molecule has 0 aliphatic heterocycles. The molecule has 0 saturated heterocycles. The van der Waals surface area contributed by atoms with Crippen LogP contribution >= 0.6 is 11.6 Å². The lowest BCUT2D eigenvalue weighted by Crippen LogP contribution is -2.20. The van der Waals surface area contributed by atoms with E-state index in [4.69, 9.17) is 21.1 Å². The highest BCUT2D eigenvalue weighted by atomic mass is 35.5. The fourth-order valence-electron chi connectivity index (χ4n) is 4.06. The molecule has 6 heteroatoms. The van der Waals surface area contributed by atoms with Gasteiger partial charge >= 0.3 is 12.0 Å². The van der Waals surface area contributed by atoms with Gasteiger partial charge in [0.15, 0.2) is 0 Å². The summed E-state index contributed by atoms with van der Waals surface area (Å²) in [5, 5.41) is 0.380. The molecule has 168 valence electrons. The van der Waals surface area contributed by atoms with Crippen molar-refractivity contribution in [3.8, 4) is 22.9 Å². The number of nitrogens with zero attached hydrogens (tertiary/aromatic N) is 2. The lowest BCUT2D eigenvalue weighted by molar-refractivity contribution is -0.134. The number of esters is 1. The van der Waals surface area contributed by atoms with E-state index in [-0.39, 0.29) is 5.97 Å². The number of unbranched alkanes of at least 4 members (excludes halogenated alkanes) is 2. The smallest absolute Gasteiger partial charge is 0.316 e. The number of ether oxygens (including phenoxy) is 2. The van der Waals surface area contributed by atoms with Gasteiger partial charge < -0.3 is 9.47 Å². The predicted molar refractivity (Wildman–Crippen MR) is 123 cm³/mol. The zero-order valence-electron chi connectivity index (χ0n) is 18.6. The molecular weight excluding hydrogens is 412 g/mol. The van der Waals surface area contributed by atoms with E-state index in [1.807, 2.05) is 6.07 Å². The van der Waals surface area contributed by atoms with Gasteiger partial charge in [-0.15, -0.1) is 0 Å². The van der Waals surface area contributed by atoms with Crippen LogP contribution in [0.1, 0.15) is 71.6 Å². The molecule has 0 amide bonds. The van der Waals surface area contributed by atoms with Crippen molar-refractivity contribution in [2.24, 2.45) is 11.8 Å². The van der Waals surface area contributed by atoms with Gasteiger partial charge in [-0.25, -0.2) is 9.97 Å². The van der Waals surface area contributed by atoms with Gasteiger partial charge in [0.25, 0.3) is 0 Å². The molecule has 0 atom stereocenters. The number of hydrogen-bond donors (Lipinski definition) is 0. The van der Waals surface area contributed by atoms with Crippen molar-refractivity contribution in [1.82, 2.24) is 9.97 Å². The van der Waals surface area contributed by atoms with Gasteiger partial charge in [0, 0.05) is 24.4 Å². The van der Waals surface area contributed by atoms with Gasteiger partial charge in [0.05, 0.1) is 11.6 Å². The van der Waals surface area contributed by atoms with Crippen molar-refractivity contribution < 1.29 is 14.3 Å². The summed E-state index contributed by atoms with van der Waals surface area (Å²) in [6, 6.07) is 5.68. The first-order valence-corrected chi connectivity index (χ1v) is 11.9. The highest BCUT2D eigenvalue weighted by molar-refractivity contribution is 6.32. The van der Waals surface area contributed by atoms with Gasteiger partial charge in [0.2, 0.25) is 0 Å². The number of benzene rings is 1. The Balaban J connectivity index is 1.47. The van der Waals surface area contributed by atoms with Crippen molar-refractivity contribution >= 4 is 17.6 Å². The molecule has 0 bridgehead atoms. The van der Waals surface area contributed by atoms with Gasteiger partial charge in [0.1, 0.15) is 5.75 Å². The van der Waals surface area contributed by atoms with Gasteiger partial charge in [-0.05, 0) is 42.4 Å². The van der Waals surface area contributed by atoms with Crippen molar-refractivity contribution in [3.05, 3.63) is 35.6 Å². The Morgan fingerprint density at radius 2 is 1.74 bits per heavy atom. The fourth-order valence-corrected chi connectivity index (χ4v) is 4.28. The maximum atomic E-state index is 11.5. The Hall–Kier alpha value is -2.14. The van der Waals surface area contributed by atoms with Crippen molar-refractivity contribution in [2.75, 3.05) is 6.61 Å². The summed E-state index contributed by atoms with van der Waals surface area (Å²) in [5.74, 6) is 1.55. The molecule has 2 aromatic rings. The maximum absolute atomic E-state index is 11.5. The van der Waals surface area contributed by atoms with E-state index >= 15 is 0 Å². The first kappa shape index (κ1) is 23.5. The maximum Gasteiger partial charge on any atom is 0.316 e. The molecule has 1 aromatic heterocycles. The lowest BCUT2D eigenvalue weighted by Gasteiger charge is -2.28. The molecular formula is C25H33ClN2O3. The van der Waals surface area contributed by atoms with Crippen LogP contribution in [-0.4, -0.2) is 22.5 Å². The average molecular weight is 445 g/mol. The second-order valence-electron chi connectivity index (χ2n) is 8.42. The van der Waals surface area contributed by atoms with E-state index in [2.05, 4.69) is 16.9 Å². The van der Waals surface area contributed by atoms with Gasteiger partial charge in [-0.2, -0.15) is 0 Å². The van der Waals surface area contributed by atoms with E-state index in [0.717, 1.165) is 17.0 Å². The van der Waals surface area contributed by atoms with Gasteiger partial charge in [-0.3, -0.25) is 4.79 Å². The quantitative estimate of drug-likeness (QED) is 0.227. The molecule has 5 nitrogen and oxygen atoms in total. The SMILES string of the molecule is CCCCCC1CCC(COc2ncc(-c3ccc(OC(=O)CC)c(Cl)c3)cn2)CC1. The van der Waals surface area contributed by atoms with Crippen LogP contribution < -0.4 is 9.47 Å². The highest BCUT2D eigenvalue weighted by Crippen LogP contribution is 2.33. The number of hydrogen-bond acceptors (Lipinski definition) is 5. The lowest BCUT2D eigenvalue weighted by atomic mass is 9.80. The molecule has 0 unspecified atom stereocenters. The molecule has 1 aromatic carbocycles. The molecule has 1 aliphatic carbocycles. The van der Waals surface area contributed by atoms with Gasteiger partial charge in [-0.1, -0.05) is 70.0 Å². The third kappa shape index (κ3) is 7.20. The second-order valence-corrected chi connectivity index (χ2v) is 8.83. The molecule has 1 heterocycles. The van der Waals surface area contributed by atoms with Crippen LogP contribution in [0.5, 0.6) is 11.8 Å². The number of rotatable bonds is 10. The van der Waals surface area contributed by atoms with E-state index in [1.54, 1.807) is 31.5 Å². The first-order valence-electron chi connectivity index (χ1n) is 11.5. The number of carbonyl (C=O) groups is 1. The predicted octanol–water partition coefficient (Wildman–Crippen LogP) is 6.88. The summed E-state index contributed by atoms with van der Waals surface area (Å²) >= 11 is 6.25. The molecule has 0 spiro atoms. The summed E-state index contributed by atoms with van der Waals surface area (Å²) in [7, 11) is 0. The van der Waals surface area contributed by atoms with Crippen LogP contribution in [0, 0.1) is 11.8 Å². The Labute approximate surface area is 190 Å². The van der Waals surface area contributed by atoms with E-state index < -0.39 is 0 Å². The highest BCUT2D eigenvalue weighted by Gasteiger charge is 2.21. The summed E-state index contributed by atoms with van der Waals surface area (Å²) in [6.45, 7) is 4.69. The van der Waals surface area contributed by atoms with Crippen molar-refractivity contribution in [2.45, 2.75) is 71.6 Å². The largest absolute Gasteiger partial charge is 0.463 e. The van der Waals surface area contributed by atoms with Crippen molar-refractivity contribution in [3.63, 3.8) is 0 Å². The molecule has 1 aliphatic rings.